The summed E-state index contributed by atoms with van der Waals surface area (Å²) in [5.41, 5.74) is 0. The summed E-state index contributed by atoms with van der Waals surface area (Å²) in [5.74, 6) is 0.792. The van der Waals surface area contributed by atoms with Gasteiger partial charge in [0.2, 0.25) is 11.8 Å². The molecule has 0 spiro atoms. The fourth-order valence-corrected chi connectivity index (χ4v) is 4.38. The van der Waals surface area contributed by atoms with E-state index in [4.69, 9.17) is 0 Å². The zero-order valence-corrected chi connectivity index (χ0v) is 14.4. The molecule has 1 aromatic heterocycles. The monoisotopic (exact) mass is 332 g/mol. The Bertz CT molecular complexity index is 582. The molecule has 2 saturated heterocycles. The quantitative estimate of drug-likeness (QED) is 0.798. The van der Waals surface area contributed by atoms with Crippen LogP contribution in [0.15, 0.2) is 23.6 Å². The highest BCUT2D eigenvalue weighted by molar-refractivity contribution is 7.10. The van der Waals surface area contributed by atoms with Crippen molar-refractivity contribution in [1.29, 1.82) is 0 Å². The van der Waals surface area contributed by atoms with E-state index >= 15 is 0 Å². The number of hydrogen-bond acceptors (Lipinski definition) is 3. The maximum absolute atomic E-state index is 12.4. The van der Waals surface area contributed by atoms with E-state index in [1.54, 1.807) is 17.4 Å². The molecule has 0 unspecified atom stereocenters. The third-order valence-corrected chi connectivity index (χ3v) is 5.77. The van der Waals surface area contributed by atoms with Crippen LogP contribution in [0.4, 0.5) is 0 Å². The number of rotatable bonds is 3. The van der Waals surface area contributed by atoms with Crippen LogP contribution < -0.4 is 0 Å². The van der Waals surface area contributed by atoms with Gasteiger partial charge in [-0.3, -0.25) is 9.59 Å². The Kier molecular flexibility index (Phi) is 5.16. The zero-order chi connectivity index (χ0) is 16.2. The molecule has 0 radical (unpaired) electrons. The van der Waals surface area contributed by atoms with E-state index in [1.165, 1.54) is 0 Å². The van der Waals surface area contributed by atoms with Gasteiger partial charge < -0.3 is 9.80 Å². The minimum atomic E-state index is 0.0933. The average Bonchev–Trinajstić information content (AvgIpc) is 3.11. The molecular weight excluding hydrogens is 308 g/mol. The molecule has 1 aromatic rings. The van der Waals surface area contributed by atoms with Crippen LogP contribution in [0.25, 0.3) is 6.08 Å². The van der Waals surface area contributed by atoms with Crippen molar-refractivity contribution in [3.8, 4) is 0 Å². The van der Waals surface area contributed by atoms with Crippen molar-refractivity contribution in [3.63, 3.8) is 0 Å². The highest BCUT2D eigenvalue weighted by Crippen LogP contribution is 2.31. The van der Waals surface area contributed by atoms with Gasteiger partial charge in [0.1, 0.15) is 0 Å². The van der Waals surface area contributed by atoms with Crippen molar-refractivity contribution in [3.05, 3.63) is 28.5 Å². The summed E-state index contributed by atoms with van der Waals surface area (Å²) in [5, 5.41) is 2.01. The van der Waals surface area contributed by atoms with Crippen molar-refractivity contribution < 1.29 is 9.59 Å². The summed E-state index contributed by atoms with van der Waals surface area (Å²) in [6.45, 7) is 4.36. The third-order valence-electron chi connectivity index (χ3n) is 4.94. The van der Waals surface area contributed by atoms with Gasteiger partial charge in [-0.1, -0.05) is 13.0 Å². The molecule has 0 aromatic carbocycles. The van der Waals surface area contributed by atoms with E-state index in [-0.39, 0.29) is 11.8 Å². The Morgan fingerprint density at radius 1 is 1.35 bits per heavy atom. The molecule has 2 atom stereocenters. The first-order valence-corrected chi connectivity index (χ1v) is 9.37. The Morgan fingerprint density at radius 2 is 2.22 bits per heavy atom. The van der Waals surface area contributed by atoms with Crippen LogP contribution in [0.1, 0.15) is 37.5 Å². The van der Waals surface area contributed by atoms with E-state index in [1.807, 2.05) is 35.4 Å². The summed E-state index contributed by atoms with van der Waals surface area (Å²) in [7, 11) is 0. The van der Waals surface area contributed by atoms with Gasteiger partial charge in [-0.2, -0.15) is 0 Å². The van der Waals surface area contributed by atoms with E-state index in [9.17, 15) is 9.59 Å². The second kappa shape index (κ2) is 7.30. The maximum Gasteiger partial charge on any atom is 0.246 e. The molecule has 0 aliphatic carbocycles. The molecule has 0 bridgehead atoms. The smallest absolute Gasteiger partial charge is 0.246 e. The maximum atomic E-state index is 12.4. The summed E-state index contributed by atoms with van der Waals surface area (Å²) in [4.78, 5) is 29.6. The zero-order valence-electron chi connectivity index (χ0n) is 13.6. The van der Waals surface area contributed by atoms with Crippen molar-refractivity contribution in [2.75, 3.05) is 19.6 Å². The van der Waals surface area contributed by atoms with Gasteiger partial charge in [0.05, 0.1) is 0 Å². The fourth-order valence-electron chi connectivity index (χ4n) is 3.76. The lowest BCUT2D eigenvalue weighted by Crippen LogP contribution is -2.56. The first-order valence-electron chi connectivity index (χ1n) is 8.49. The number of piperidine rings is 2. The van der Waals surface area contributed by atoms with E-state index < -0.39 is 0 Å². The summed E-state index contributed by atoms with van der Waals surface area (Å²) < 4.78 is 0. The topological polar surface area (TPSA) is 40.6 Å². The second-order valence-electron chi connectivity index (χ2n) is 6.33. The predicted molar refractivity (Wildman–Crippen MR) is 93.1 cm³/mol. The third kappa shape index (κ3) is 3.66. The van der Waals surface area contributed by atoms with Crippen LogP contribution in [0, 0.1) is 5.92 Å². The highest BCUT2D eigenvalue weighted by atomic mass is 32.1. The van der Waals surface area contributed by atoms with E-state index in [2.05, 4.69) is 4.90 Å². The molecule has 2 amide bonds. The number of fused-ring (bicyclic) bond motifs is 1. The van der Waals surface area contributed by atoms with Crippen LogP contribution in [0.2, 0.25) is 0 Å². The van der Waals surface area contributed by atoms with Crippen LogP contribution in [-0.4, -0.2) is 47.3 Å². The standard InChI is InChI=1S/C18H24N2O2S/c1-2-17(21)20-10-3-5-14-13-19(11-9-16(14)20)18(22)8-7-15-6-4-12-23-15/h4,6-8,12,14,16H,2-3,5,9-11,13H2,1H3/b8-7+/t14-,16-/m1/s1. The molecule has 5 heteroatoms. The minimum absolute atomic E-state index is 0.0933. The predicted octanol–water partition coefficient (Wildman–Crippen LogP) is 3.01. The molecule has 124 valence electrons. The molecule has 2 aliphatic heterocycles. The summed E-state index contributed by atoms with van der Waals surface area (Å²) in [6, 6.07) is 4.33. The molecule has 2 fully saturated rings. The molecule has 3 rings (SSSR count). The average molecular weight is 332 g/mol. The summed E-state index contributed by atoms with van der Waals surface area (Å²) >= 11 is 1.63. The number of hydrogen-bond donors (Lipinski definition) is 0. The largest absolute Gasteiger partial charge is 0.339 e. The lowest BCUT2D eigenvalue weighted by molar-refractivity contribution is -0.139. The van der Waals surface area contributed by atoms with Gasteiger partial charge in [0.25, 0.3) is 0 Å². The van der Waals surface area contributed by atoms with Gasteiger partial charge in [0, 0.05) is 43.1 Å². The van der Waals surface area contributed by atoms with Crippen LogP contribution in [0.3, 0.4) is 0 Å². The minimum Gasteiger partial charge on any atom is -0.339 e. The summed E-state index contributed by atoms with van der Waals surface area (Å²) in [6.07, 6.45) is 7.25. The van der Waals surface area contributed by atoms with Gasteiger partial charge in [-0.25, -0.2) is 0 Å². The van der Waals surface area contributed by atoms with Crippen LogP contribution in [0.5, 0.6) is 0 Å². The Morgan fingerprint density at radius 3 is 2.96 bits per heavy atom. The van der Waals surface area contributed by atoms with Crippen molar-refractivity contribution in [2.45, 2.75) is 38.6 Å². The van der Waals surface area contributed by atoms with Crippen LogP contribution >= 0.6 is 11.3 Å². The lowest BCUT2D eigenvalue weighted by atomic mass is 9.83. The van der Waals surface area contributed by atoms with E-state index in [0.717, 1.165) is 43.8 Å². The molecule has 4 nitrogen and oxygen atoms in total. The van der Waals surface area contributed by atoms with Crippen molar-refractivity contribution in [1.82, 2.24) is 9.80 Å². The molecule has 2 aliphatic rings. The fraction of sp³-hybridized carbons (Fsp3) is 0.556. The lowest BCUT2D eigenvalue weighted by Gasteiger charge is -2.47. The first kappa shape index (κ1) is 16.2. The molecule has 3 heterocycles. The number of nitrogens with zero attached hydrogens (tertiary/aromatic N) is 2. The number of thiophene rings is 1. The van der Waals surface area contributed by atoms with Crippen molar-refractivity contribution in [2.24, 2.45) is 5.92 Å². The van der Waals surface area contributed by atoms with Gasteiger partial charge in [-0.05, 0) is 42.7 Å². The van der Waals surface area contributed by atoms with Gasteiger partial charge in [-0.15, -0.1) is 11.3 Å². The Balaban J connectivity index is 1.61. The first-order chi connectivity index (χ1) is 11.2. The van der Waals surface area contributed by atoms with E-state index in [0.29, 0.717) is 18.4 Å². The van der Waals surface area contributed by atoms with Gasteiger partial charge in [0.15, 0.2) is 0 Å². The molecule has 23 heavy (non-hydrogen) atoms. The number of carbonyl (C=O) groups is 2. The SMILES string of the molecule is CCC(=O)N1CCC[C@@H]2CN(C(=O)/C=C/c3cccs3)CC[C@H]21. The number of likely N-dealkylation sites (tertiary alicyclic amines) is 2. The molecular formula is C18H24N2O2S. The number of amides is 2. The second-order valence-corrected chi connectivity index (χ2v) is 7.31. The Hall–Kier alpha value is -1.62. The normalized spacial score (nSPS) is 24.7. The van der Waals surface area contributed by atoms with Gasteiger partial charge >= 0.3 is 0 Å². The Labute approximate surface area is 141 Å². The van der Waals surface area contributed by atoms with Crippen LogP contribution in [-0.2, 0) is 9.59 Å². The highest BCUT2D eigenvalue weighted by Gasteiger charge is 2.38. The number of carbonyl (C=O) groups excluding carboxylic acids is 2. The molecule has 0 saturated carbocycles. The molecule has 0 N–H and O–H groups in total. The van der Waals surface area contributed by atoms with Crippen molar-refractivity contribution >= 4 is 29.2 Å².